The SMILES string of the molecule is C[C@H]1Oc2cccc(P(c3ccccc3)c3ccccc3)c2-c2c(cccc2P(c2ccccc2)c2ccccc2)O[C@@H]1C. The molecule has 0 unspecified atom stereocenters. The fraction of sp³-hybridized carbons (Fsp3) is 0.100. The van der Waals surface area contributed by atoms with Crippen molar-refractivity contribution in [2.24, 2.45) is 0 Å². The van der Waals surface area contributed by atoms with Crippen LogP contribution in [-0.4, -0.2) is 12.2 Å². The Hall–Kier alpha value is -4.22. The summed E-state index contributed by atoms with van der Waals surface area (Å²) in [7, 11) is -1.80. The zero-order chi connectivity index (χ0) is 29.9. The van der Waals surface area contributed by atoms with Crippen LogP contribution in [0.2, 0.25) is 0 Å². The Bertz CT molecular complexity index is 1630. The van der Waals surface area contributed by atoms with Crippen molar-refractivity contribution in [1.29, 1.82) is 0 Å². The number of hydrogen-bond acceptors (Lipinski definition) is 2. The van der Waals surface area contributed by atoms with E-state index >= 15 is 0 Å². The molecule has 0 saturated carbocycles. The smallest absolute Gasteiger partial charge is 0.132 e. The van der Waals surface area contributed by atoms with E-state index in [-0.39, 0.29) is 12.2 Å². The van der Waals surface area contributed by atoms with Gasteiger partial charge in [0.25, 0.3) is 0 Å². The summed E-state index contributed by atoms with van der Waals surface area (Å²) >= 11 is 0. The van der Waals surface area contributed by atoms with Crippen molar-refractivity contribution >= 4 is 47.7 Å². The molecule has 0 N–H and O–H groups in total. The molecule has 44 heavy (non-hydrogen) atoms. The summed E-state index contributed by atoms with van der Waals surface area (Å²) in [4.78, 5) is 0. The van der Waals surface area contributed by atoms with Gasteiger partial charge in [-0.05, 0) is 73.7 Å². The first-order valence-corrected chi connectivity index (χ1v) is 17.8. The van der Waals surface area contributed by atoms with Gasteiger partial charge in [-0.1, -0.05) is 146 Å². The van der Waals surface area contributed by atoms with Crippen molar-refractivity contribution in [3.05, 3.63) is 158 Å². The minimum absolute atomic E-state index is 0.120. The summed E-state index contributed by atoms with van der Waals surface area (Å²) < 4.78 is 13.6. The Morgan fingerprint density at radius 3 is 0.955 bits per heavy atom. The summed E-state index contributed by atoms with van der Waals surface area (Å²) in [6.45, 7) is 4.21. The van der Waals surface area contributed by atoms with Gasteiger partial charge in [0.1, 0.15) is 23.7 Å². The minimum Gasteiger partial charge on any atom is -0.486 e. The number of ether oxygens (including phenoxy) is 2. The zero-order valence-corrected chi connectivity index (χ0v) is 26.7. The van der Waals surface area contributed by atoms with E-state index < -0.39 is 15.8 Å². The molecule has 6 aromatic rings. The van der Waals surface area contributed by atoms with Crippen LogP contribution in [0.5, 0.6) is 11.5 Å². The van der Waals surface area contributed by atoms with Crippen LogP contribution in [0.4, 0.5) is 0 Å². The van der Waals surface area contributed by atoms with Crippen LogP contribution in [0, 0.1) is 0 Å². The number of benzene rings is 6. The van der Waals surface area contributed by atoms with Gasteiger partial charge < -0.3 is 9.47 Å². The molecule has 0 aliphatic carbocycles. The maximum Gasteiger partial charge on any atom is 0.132 e. The fourth-order valence-corrected chi connectivity index (χ4v) is 10.8. The highest BCUT2D eigenvalue weighted by molar-refractivity contribution is 7.80. The topological polar surface area (TPSA) is 18.5 Å². The van der Waals surface area contributed by atoms with Crippen molar-refractivity contribution in [3.8, 4) is 22.6 Å². The predicted octanol–water partition coefficient (Wildman–Crippen LogP) is 7.42. The average Bonchev–Trinajstić information content (AvgIpc) is 3.07. The molecule has 0 spiro atoms. The Balaban J connectivity index is 1.56. The number of hydrogen-bond donors (Lipinski definition) is 0. The van der Waals surface area contributed by atoms with E-state index in [9.17, 15) is 0 Å². The van der Waals surface area contributed by atoms with Gasteiger partial charge in [-0.15, -0.1) is 0 Å². The molecule has 0 amide bonds. The Kier molecular flexibility index (Phi) is 8.30. The molecule has 4 heteroatoms. The summed E-state index contributed by atoms with van der Waals surface area (Å²) in [5, 5.41) is 7.76. The monoisotopic (exact) mass is 608 g/mol. The first-order valence-electron chi connectivity index (χ1n) is 15.1. The second kappa shape index (κ2) is 12.8. The van der Waals surface area contributed by atoms with E-state index in [1.165, 1.54) is 31.8 Å². The van der Waals surface area contributed by atoms with Crippen molar-refractivity contribution in [1.82, 2.24) is 0 Å². The van der Waals surface area contributed by atoms with E-state index in [2.05, 4.69) is 172 Å². The van der Waals surface area contributed by atoms with Crippen LogP contribution in [0.3, 0.4) is 0 Å². The van der Waals surface area contributed by atoms with E-state index in [4.69, 9.17) is 9.47 Å². The average molecular weight is 609 g/mol. The maximum absolute atomic E-state index is 6.81. The van der Waals surface area contributed by atoms with Crippen molar-refractivity contribution in [2.45, 2.75) is 26.1 Å². The van der Waals surface area contributed by atoms with Gasteiger partial charge in [0.05, 0.1) is 0 Å². The highest BCUT2D eigenvalue weighted by atomic mass is 31.1. The quantitative estimate of drug-likeness (QED) is 0.183. The summed E-state index contributed by atoms with van der Waals surface area (Å²) in [6.07, 6.45) is -0.240. The molecule has 0 saturated heterocycles. The first-order chi connectivity index (χ1) is 21.7. The van der Waals surface area contributed by atoms with Gasteiger partial charge in [0.2, 0.25) is 0 Å². The van der Waals surface area contributed by atoms with Crippen LogP contribution in [0.15, 0.2) is 158 Å². The number of rotatable bonds is 6. The van der Waals surface area contributed by atoms with Gasteiger partial charge in [-0.2, -0.15) is 0 Å². The molecule has 2 atom stereocenters. The predicted molar refractivity (Wildman–Crippen MR) is 189 cm³/mol. The Morgan fingerprint density at radius 2 is 0.659 bits per heavy atom. The molecule has 0 fully saturated rings. The van der Waals surface area contributed by atoms with E-state index in [1.54, 1.807) is 0 Å². The van der Waals surface area contributed by atoms with Gasteiger partial charge >= 0.3 is 0 Å². The lowest BCUT2D eigenvalue weighted by atomic mass is 10.0. The van der Waals surface area contributed by atoms with Gasteiger partial charge in [-0.3, -0.25) is 0 Å². The van der Waals surface area contributed by atoms with Gasteiger partial charge in [0.15, 0.2) is 0 Å². The molecule has 2 nitrogen and oxygen atoms in total. The first kappa shape index (κ1) is 28.5. The summed E-state index contributed by atoms with van der Waals surface area (Å²) in [5.74, 6) is 1.82. The minimum atomic E-state index is -0.899. The van der Waals surface area contributed by atoms with Crippen LogP contribution in [0.1, 0.15) is 13.8 Å². The van der Waals surface area contributed by atoms with Crippen LogP contribution in [0.25, 0.3) is 11.1 Å². The molecule has 0 radical (unpaired) electrons. The molecule has 216 valence electrons. The van der Waals surface area contributed by atoms with Crippen molar-refractivity contribution in [3.63, 3.8) is 0 Å². The van der Waals surface area contributed by atoms with Crippen LogP contribution < -0.4 is 41.3 Å². The third-order valence-corrected chi connectivity index (χ3v) is 13.1. The Labute approximate surface area is 262 Å². The number of fused-ring (bicyclic) bond motifs is 3. The van der Waals surface area contributed by atoms with Crippen LogP contribution in [-0.2, 0) is 0 Å². The van der Waals surface area contributed by atoms with E-state index in [1.807, 2.05) is 0 Å². The largest absolute Gasteiger partial charge is 0.486 e. The second-order valence-electron chi connectivity index (χ2n) is 11.0. The maximum atomic E-state index is 6.81. The molecule has 1 heterocycles. The molecule has 7 rings (SSSR count). The molecule has 6 aromatic carbocycles. The van der Waals surface area contributed by atoms with Gasteiger partial charge in [0, 0.05) is 11.1 Å². The lowest BCUT2D eigenvalue weighted by molar-refractivity contribution is 0.0763. The molecule has 1 aliphatic heterocycles. The lowest BCUT2D eigenvalue weighted by Crippen LogP contribution is -2.35. The fourth-order valence-electron chi connectivity index (χ4n) is 5.87. The third kappa shape index (κ3) is 5.57. The lowest BCUT2D eigenvalue weighted by Gasteiger charge is -2.33. The molecule has 0 aromatic heterocycles. The normalized spacial score (nSPS) is 15.8. The van der Waals surface area contributed by atoms with Crippen molar-refractivity contribution in [2.75, 3.05) is 0 Å². The third-order valence-electron chi connectivity index (χ3n) is 8.08. The van der Waals surface area contributed by atoms with Crippen molar-refractivity contribution < 1.29 is 9.47 Å². The zero-order valence-electron chi connectivity index (χ0n) is 24.9. The summed E-state index contributed by atoms with van der Waals surface area (Å²) in [5.41, 5.74) is 2.27. The summed E-state index contributed by atoms with van der Waals surface area (Å²) in [6, 6.07) is 56.8. The van der Waals surface area contributed by atoms with Crippen LogP contribution >= 0.6 is 15.8 Å². The molecular weight excluding hydrogens is 574 g/mol. The highest BCUT2D eigenvalue weighted by Crippen LogP contribution is 2.48. The van der Waals surface area contributed by atoms with E-state index in [0.717, 1.165) is 22.6 Å². The standard InChI is InChI=1S/C40H34O2P2/c1-29-30(2)42-36-26-16-28-38(44(33-21-11-5-12-22-33)34-23-13-6-14-24-34)40(36)39-35(41-29)25-15-27-37(39)43(31-17-7-3-8-18-31)32-19-9-4-10-20-32/h3-30H,1-2H3/t29-,30-/m1/s1. The van der Waals surface area contributed by atoms with Gasteiger partial charge in [-0.25, -0.2) is 0 Å². The molecular formula is C40H34O2P2. The highest BCUT2D eigenvalue weighted by Gasteiger charge is 2.32. The Morgan fingerprint density at radius 1 is 0.364 bits per heavy atom. The molecule has 0 bridgehead atoms. The second-order valence-corrected chi connectivity index (χ2v) is 15.3. The molecule has 1 aliphatic rings. The van der Waals surface area contributed by atoms with E-state index in [0.29, 0.717) is 0 Å².